The molecule has 1 N–H and O–H groups in total. The Labute approximate surface area is 119 Å². The van der Waals surface area contributed by atoms with Crippen LogP contribution in [0.1, 0.15) is 38.7 Å². The lowest BCUT2D eigenvalue weighted by molar-refractivity contribution is -0.384. The third-order valence-corrected chi connectivity index (χ3v) is 3.63. The van der Waals surface area contributed by atoms with Crippen LogP contribution < -0.4 is 10.1 Å². The molecule has 0 bridgehead atoms. The zero-order valence-electron chi connectivity index (χ0n) is 12.1. The van der Waals surface area contributed by atoms with Crippen molar-refractivity contribution in [3.8, 4) is 5.75 Å². The summed E-state index contributed by atoms with van der Waals surface area (Å²) < 4.78 is 5.81. The molecule has 1 aromatic rings. The Morgan fingerprint density at radius 1 is 1.50 bits per heavy atom. The van der Waals surface area contributed by atoms with Gasteiger partial charge >= 0.3 is 0 Å². The van der Waals surface area contributed by atoms with E-state index in [1.807, 2.05) is 0 Å². The van der Waals surface area contributed by atoms with Gasteiger partial charge in [0.2, 0.25) is 0 Å². The Morgan fingerprint density at radius 3 is 2.85 bits per heavy atom. The van der Waals surface area contributed by atoms with E-state index in [0.29, 0.717) is 25.1 Å². The molecule has 0 spiro atoms. The van der Waals surface area contributed by atoms with Gasteiger partial charge in [-0.15, -0.1) is 0 Å². The van der Waals surface area contributed by atoms with Gasteiger partial charge < -0.3 is 10.1 Å². The summed E-state index contributed by atoms with van der Waals surface area (Å²) in [5.74, 6) is 1.23. The zero-order valence-corrected chi connectivity index (χ0v) is 12.1. The molecule has 1 saturated carbocycles. The van der Waals surface area contributed by atoms with Crippen LogP contribution in [-0.4, -0.2) is 17.6 Å². The fraction of sp³-hybridized carbons (Fsp3) is 0.600. The molecular weight excluding hydrogens is 256 g/mol. The van der Waals surface area contributed by atoms with Crippen LogP contribution in [0.4, 0.5) is 5.69 Å². The van der Waals surface area contributed by atoms with Gasteiger partial charge in [0.25, 0.3) is 5.69 Å². The smallest absolute Gasteiger partial charge is 0.270 e. The number of nitro groups is 1. The van der Waals surface area contributed by atoms with Gasteiger partial charge in [-0.3, -0.25) is 10.1 Å². The first-order valence-electron chi connectivity index (χ1n) is 7.23. The molecule has 0 aromatic heterocycles. The Hall–Kier alpha value is -1.62. The SMILES string of the molecule is CCC(C)COc1ccc([N+](=O)[O-])cc1CNC1CC1. The van der Waals surface area contributed by atoms with Crippen LogP contribution in [0.2, 0.25) is 0 Å². The van der Waals surface area contributed by atoms with Crippen LogP contribution in [0.5, 0.6) is 5.75 Å². The summed E-state index contributed by atoms with van der Waals surface area (Å²) >= 11 is 0. The Balaban J connectivity index is 2.08. The van der Waals surface area contributed by atoms with Crippen LogP contribution in [0.25, 0.3) is 0 Å². The average molecular weight is 278 g/mol. The van der Waals surface area contributed by atoms with E-state index in [0.717, 1.165) is 17.7 Å². The van der Waals surface area contributed by atoms with Gasteiger partial charge in [0, 0.05) is 30.3 Å². The number of ether oxygens (including phenoxy) is 1. The minimum absolute atomic E-state index is 0.119. The number of hydrogen-bond donors (Lipinski definition) is 1. The average Bonchev–Trinajstić information content (AvgIpc) is 3.26. The van der Waals surface area contributed by atoms with Gasteiger partial charge in [-0.2, -0.15) is 0 Å². The summed E-state index contributed by atoms with van der Waals surface area (Å²) in [6.45, 7) is 5.53. The maximum atomic E-state index is 10.9. The first-order valence-corrected chi connectivity index (χ1v) is 7.23. The van der Waals surface area contributed by atoms with E-state index >= 15 is 0 Å². The van der Waals surface area contributed by atoms with E-state index in [2.05, 4.69) is 19.2 Å². The third-order valence-electron chi connectivity index (χ3n) is 3.63. The van der Waals surface area contributed by atoms with Crippen molar-refractivity contribution in [1.29, 1.82) is 0 Å². The molecule has 0 aliphatic heterocycles. The van der Waals surface area contributed by atoms with Crippen molar-refractivity contribution < 1.29 is 9.66 Å². The highest BCUT2D eigenvalue weighted by molar-refractivity contribution is 5.43. The summed E-state index contributed by atoms with van der Waals surface area (Å²) in [4.78, 5) is 10.5. The summed E-state index contributed by atoms with van der Waals surface area (Å²) in [5.41, 5.74) is 0.989. The maximum Gasteiger partial charge on any atom is 0.270 e. The van der Waals surface area contributed by atoms with Crippen molar-refractivity contribution in [3.05, 3.63) is 33.9 Å². The molecule has 1 fully saturated rings. The minimum atomic E-state index is -0.362. The number of benzene rings is 1. The fourth-order valence-electron chi connectivity index (χ4n) is 1.85. The molecule has 0 amide bonds. The topological polar surface area (TPSA) is 64.4 Å². The highest BCUT2D eigenvalue weighted by Crippen LogP contribution is 2.26. The van der Waals surface area contributed by atoms with Crippen LogP contribution in [0.3, 0.4) is 0 Å². The molecule has 5 nitrogen and oxygen atoms in total. The standard InChI is InChI=1S/C15H22N2O3/c1-3-11(2)10-20-15-7-6-14(17(18)19)8-12(15)9-16-13-4-5-13/h6-8,11,13,16H,3-5,9-10H2,1-2H3. The lowest BCUT2D eigenvalue weighted by Gasteiger charge is -2.14. The lowest BCUT2D eigenvalue weighted by atomic mass is 10.1. The van der Waals surface area contributed by atoms with Crippen molar-refractivity contribution in [3.63, 3.8) is 0 Å². The lowest BCUT2D eigenvalue weighted by Crippen LogP contribution is -2.17. The summed E-state index contributed by atoms with van der Waals surface area (Å²) in [6, 6.07) is 5.40. The molecule has 1 unspecified atom stereocenters. The molecule has 1 atom stereocenters. The summed E-state index contributed by atoms with van der Waals surface area (Å²) in [5, 5.41) is 14.3. The van der Waals surface area contributed by atoms with Gasteiger partial charge in [0.05, 0.1) is 11.5 Å². The number of non-ortho nitro benzene ring substituents is 1. The molecule has 1 aliphatic carbocycles. The van der Waals surface area contributed by atoms with Gasteiger partial charge in [-0.1, -0.05) is 20.3 Å². The van der Waals surface area contributed by atoms with E-state index in [-0.39, 0.29) is 10.6 Å². The zero-order chi connectivity index (χ0) is 14.5. The first kappa shape index (κ1) is 14.8. The molecule has 110 valence electrons. The minimum Gasteiger partial charge on any atom is -0.493 e. The third kappa shape index (κ3) is 4.20. The highest BCUT2D eigenvalue weighted by atomic mass is 16.6. The Bertz CT molecular complexity index is 472. The predicted octanol–water partition coefficient (Wildman–Crippen LogP) is 3.27. The van der Waals surface area contributed by atoms with Crippen molar-refractivity contribution in [2.24, 2.45) is 5.92 Å². The number of nitrogens with zero attached hydrogens (tertiary/aromatic N) is 1. The molecule has 2 rings (SSSR count). The van der Waals surface area contributed by atoms with Crippen LogP contribution in [0, 0.1) is 16.0 Å². The van der Waals surface area contributed by atoms with E-state index < -0.39 is 0 Å². The maximum absolute atomic E-state index is 10.9. The second-order valence-corrected chi connectivity index (χ2v) is 5.53. The van der Waals surface area contributed by atoms with Crippen LogP contribution in [-0.2, 0) is 6.54 Å². The fourth-order valence-corrected chi connectivity index (χ4v) is 1.85. The second-order valence-electron chi connectivity index (χ2n) is 5.53. The predicted molar refractivity (Wildman–Crippen MR) is 77.9 cm³/mol. The van der Waals surface area contributed by atoms with Crippen molar-refractivity contribution in [1.82, 2.24) is 5.32 Å². The molecule has 0 saturated heterocycles. The second kappa shape index (κ2) is 6.70. The number of hydrogen-bond acceptors (Lipinski definition) is 4. The van der Waals surface area contributed by atoms with Gasteiger partial charge in [-0.05, 0) is 24.8 Å². The largest absolute Gasteiger partial charge is 0.493 e. The molecular formula is C15H22N2O3. The van der Waals surface area contributed by atoms with E-state index in [1.165, 1.54) is 18.9 Å². The van der Waals surface area contributed by atoms with E-state index in [9.17, 15) is 10.1 Å². The number of nitrogens with one attached hydrogen (secondary N) is 1. The highest BCUT2D eigenvalue weighted by Gasteiger charge is 2.21. The number of nitro benzene ring substituents is 1. The van der Waals surface area contributed by atoms with Gasteiger partial charge in [-0.25, -0.2) is 0 Å². The summed E-state index contributed by atoms with van der Waals surface area (Å²) in [6.07, 6.45) is 3.44. The van der Waals surface area contributed by atoms with Crippen molar-refractivity contribution >= 4 is 5.69 Å². The van der Waals surface area contributed by atoms with Crippen LogP contribution in [0.15, 0.2) is 18.2 Å². The quantitative estimate of drug-likeness (QED) is 0.585. The normalized spacial score (nSPS) is 15.9. The van der Waals surface area contributed by atoms with E-state index in [4.69, 9.17) is 4.74 Å². The Kier molecular flexibility index (Phi) is 4.95. The van der Waals surface area contributed by atoms with Gasteiger partial charge in [0.15, 0.2) is 0 Å². The molecule has 0 radical (unpaired) electrons. The van der Waals surface area contributed by atoms with Crippen LogP contribution >= 0.6 is 0 Å². The molecule has 1 aliphatic rings. The molecule has 20 heavy (non-hydrogen) atoms. The first-order chi connectivity index (χ1) is 9.60. The van der Waals surface area contributed by atoms with Crippen molar-refractivity contribution in [2.75, 3.05) is 6.61 Å². The summed E-state index contributed by atoms with van der Waals surface area (Å²) in [7, 11) is 0. The molecule has 0 heterocycles. The Morgan fingerprint density at radius 2 is 2.25 bits per heavy atom. The number of rotatable bonds is 8. The van der Waals surface area contributed by atoms with Gasteiger partial charge in [0.1, 0.15) is 5.75 Å². The van der Waals surface area contributed by atoms with E-state index in [1.54, 1.807) is 12.1 Å². The van der Waals surface area contributed by atoms with Crippen molar-refractivity contribution in [2.45, 2.75) is 45.7 Å². The molecule has 1 aromatic carbocycles. The molecule has 5 heteroatoms. The monoisotopic (exact) mass is 278 g/mol.